The quantitative estimate of drug-likeness (QED) is 0.926. The molecule has 20 heavy (non-hydrogen) atoms. The van der Waals surface area contributed by atoms with E-state index < -0.39 is 0 Å². The number of aromatic nitrogens is 3. The molecule has 0 saturated carbocycles. The molecule has 0 aliphatic rings. The lowest BCUT2D eigenvalue weighted by molar-refractivity contribution is 0.701. The average Bonchev–Trinajstić information content (AvgIpc) is 2.37. The van der Waals surface area contributed by atoms with Gasteiger partial charge in [-0.15, -0.1) is 0 Å². The van der Waals surface area contributed by atoms with E-state index in [2.05, 4.69) is 48.9 Å². The Balaban J connectivity index is 2.18. The van der Waals surface area contributed by atoms with Crippen molar-refractivity contribution in [2.45, 2.75) is 46.0 Å². The summed E-state index contributed by atoms with van der Waals surface area (Å²) in [5, 5.41) is 0. The first kappa shape index (κ1) is 14.4. The summed E-state index contributed by atoms with van der Waals surface area (Å²) in [6.45, 7) is 8.39. The van der Waals surface area contributed by atoms with Gasteiger partial charge in [-0.05, 0) is 37.5 Å². The second-order valence-corrected chi connectivity index (χ2v) is 5.61. The molecule has 0 spiro atoms. The topological polar surface area (TPSA) is 64.7 Å². The molecule has 0 bridgehead atoms. The summed E-state index contributed by atoms with van der Waals surface area (Å²) in [4.78, 5) is 13.1. The fraction of sp³-hybridized carbons (Fsp3) is 0.438. The van der Waals surface area contributed by atoms with Crippen molar-refractivity contribution in [3.63, 3.8) is 0 Å². The summed E-state index contributed by atoms with van der Waals surface area (Å²) in [5.74, 6) is 1.06. The van der Waals surface area contributed by atoms with Gasteiger partial charge in [-0.1, -0.05) is 26.8 Å². The van der Waals surface area contributed by atoms with Gasteiger partial charge in [0.25, 0.3) is 0 Å². The molecule has 0 aromatic carbocycles. The van der Waals surface area contributed by atoms with Gasteiger partial charge in [0.15, 0.2) is 0 Å². The van der Waals surface area contributed by atoms with Gasteiger partial charge in [-0.2, -0.15) is 0 Å². The smallest absolute Gasteiger partial charge is 0.220 e. The minimum atomic E-state index is 0.272. The van der Waals surface area contributed by atoms with Crippen molar-refractivity contribution in [2.75, 3.05) is 5.73 Å². The zero-order chi connectivity index (χ0) is 14.7. The minimum Gasteiger partial charge on any atom is -0.368 e. The molecule has 2 N–H and O–H groups in total. The molecule has 0 radical (unpaired) electrons. The van der Waals surface area contributed by atoms with Crippen LogP contribution in [0.15, 0.2) is 24.3 Å². The number of rotatable bonds is 4. The van der Waals surface area contributed by atoms with Gasteiger partial charge in [0.2, 0.25) is 5.95 Å². The van der Waals surface area contributed by atoms with Crippen LogP contribution in [0.2, 0.25) is 0 Å². The number of nitrogens with two attached hydrogens (primary N) is 1. The van der Waals surface area contributed by atoms with Crippen LogP contribution in [0.1, 0.15) is 55.4 Å². The molecule has 1 atom stereocenters. The second kappa shape index (κ2) is 5.99. The van der Waals surface area contributed by atoms with Crippen LogP contribution in [0, 0.1) is 6.92 Å². The monoisotopic (exact) mass is 270 g/mol. The predicted octanol–water partition coefficient (Wildman–Crippen LogP) is 3.23. The third-order valence-electron chi connectivity index (χ3n) is 3.33. The van der Waals surface area contributed by atoms with Gasteiger partial charge in [0, 0.05) is 28.7 Å². The van der Waals surface area contributed by atoms with Gasteiger partial charge in [-0.3, -0.25) is 4.98 Å². The van der Waals surface area contributed by atoms with E-state index in [1.54, 1.807) is 0 Å². The molecule has 106 valence electrons. The van der Waals surface area contributed by atoms with E-state index in [9.17, 15) is 0 Å². The number of aryl methyl sites for hydroxylation is 1. The molecule has 0 amide bonds. The zero-order valence-electron chi connectivity index (χ0n) is 12.6. The molecule has 2 aromatic heterocycles. The molecule has 4 heteroatoms. The summed E-state index contributed by atoms with van der Waals surface area (Å²) in [6, 6.07) is 8.21. The third kappa shape index (κ3) is 3.53. The molecular weight excluding hydrogens is 248 g/mol. The van der Waals surface area contributed by atoms with Crippen LogP contribution in [0.5, 0.6) is 0 Å². The Labute approximate surface area is 120 Å². The average molecular weight is 270 g/mol. The van der Waals surface area contributed by atoms with Crippen molar-refractivity contribution in [2.24, 2.45) is 0 Å². The molecule has 0 aliphatic carbocycles. The third-order valence-corrected chi connectivity index (χ3v) is 3.33. The molecule has 0 saturated heterocycles. The molecule has 1 unspecified atom stereocenters. The van der Waals surface area contributed by atoms with Gasteiger partial charge in [-0.25, -0.2) is 9.97 Å². The molecule has 2 heterocycles. The van der Waals surface area contributed by atoms with Crippen LogP contribution in [-0.2, 0) is 6.42 Å². The Morgan fingerprint density at radius 2 is 1.80 bits per heavy atom. The number of hydrogen-bond acceptors (Lipinski definition) is 4. The number of nitrogen functional groups attached to an aromatic ring is 1. The molecular formula is C16H22N4. The SMILES string of the molecule is Cc1cc(C(C)Cc2cccc(C(C)C)n2)nc(N)n1. The lowest BCUT2D eigenvalue weighted by atomic mass is 9.99. The second-order valence-electron chi connectivity index (χ2n) is 5.61. The number of nitrogens with zero attached hydrogens (tertiary/aromatic N) is 3. The van der Waals surface area contributed by atoms with Gasteiger partial charge in [0.05, 0.1) is 0 Å². The highest BCUT2D eigenvalue weighted by Crippen LogP contribution is 2.20. The van der Waals surface area contributed by atoms with Crippen LogP contribution in [-0.4, -0.2) is 15.0 Å². The fourth-order valence-electron chi connectivity index (χ4n) is 2.22. The molecule has 0 aliphatic heterocycles. The molecule has 2 rings (SSSR count). The Morgan fingerprint density at radius 1 is 1.05 bits per heavy atom. The van der Waals surface area contributed by atoms with Crippen LogP contribution in [0.4, 0.5) is 5.95 Å². The van der Waals surface area contributed by atoms with Crippen LogP contribution >= 0.6 is 0 Å². The fourth-order valence-corrected chi connectivity index (χ4v) is 2.22. The highest BCUT2D eigenvalue weighted by atomic mass is 15.0. The largest absolute Gasteiger partial charge is 0.368 e. The molecule has 2 aromatic rings. The van der Waals surface area contributed by atoms with Crippen molar-refractivity contribution < 1.29 is 0 Å². The zero-order valence-corrected chi connectivity index (χ0v) is 12.6. The minimum absolute atomic E-state index is 0.272. The maximum absolute atomic E-state index is 5.72. The molecule has 0 fully saturated rings. The van der Waals surface area contributed by atoms with E-state index in [0.29, 0.717) is 11.9 Å². The number of hydrogen-bond donors (Lipinski definition) is 1. The van der Waals surface area contributed by atoms with Crippen molar-refractivity contribution >= 4 is 5.95 Å². The van der Waals surface area contributed by atoms with Crippen LogP contribution in [0.3, 0.4) is 0 Å². The first-order valence-electron chi connectivity index (χ1n) is 7.02. The van der Waals surface area contributed by atoms with Crippen LogP contribution < -0.4 is 5.73 Å². The van der Waals surface area contributed by atoms with Crippen LogP contribution in [0.25, 0.3) is 0 Å². The van der Waals surface area contributed by atoms with Crippen molar-refractivity contribution in [1.82, 2.24) is 15.0 Å². The molecule has 4 nitrogen and oxygen atoms in total. The summed E-state index contributed by atoms with van der Waals surface area (Å²) < 4.78 is 0. The van der Waals surface area contributed by atoms with E-state index in [-0.39, 0.29) is 5.92 Å². The highest BCUT2D eigenvalue weighted by Gasteiger charge is 2.12. The maximum atomic E-state index is 5.72. The van der Waals surface area contributed by atoms with Crippen molar-refractivity contribution in [3.05, 3.63) is 47.0 Å². The van der Waals surface area contributed by atoms with E-state index in [1.165, 1.54) is 0 Å². The van der Waals surface area contributed by atoms with E-state index in [0.717, 1.165) is 29.2 Å². The first-order chi connectivity index (χ1) is 9.45. The highest BCUT2D eigenvalue weighted by molar-refractivity contribution is 5.25. The Morgan fingerprint density at radius 3 is 2.45 bits per heavy atom. The Hall–Kier alpha value is -1.97. The van der Waals surface area contributed by atoms with Crippen molar-refractivity contribution in [3.8, 4) is 0 Å². The normalized spacial score (nSPS) is 12.7. The summed E-state index contributed by atoms with van der Waals surface area (Å²) in [5.41, 5.74) is 9.83. The van der Waals surface area contributed by atoms with E-state index in [4.69, 9.17) is 10.7 Å². The number of anilines is 1. The van der Waals surface area contributed by atoms with Gasteiger partial charge >= 0.3 is 0 Å². The Kier molecular flexibility index (Phi) is 4.32. The van der Waals surface area contributed by atoms with Gasteiger partial charge < -0.3 is 5.73 Å². The summed E-state index contributed by atoms with van der Waals surface area (Å²) in [7, 11) is 0. The Bertz CT molecular complexity index is 573. The maximum Gasteiger partial charge on any atom is 0.220 e. The summed E-state index contributed by atoms with van der Waals surface area (Å²) in [6.07, 6.45) is 0.858. The van der Waals surface area contributed by atoms with E-state index >= 15 is 0 Å². The standard InChI is InChI=1S/C16H22N4/c1-10(2)14-7-5-6-13(19-14)8-11(3)15-9-12(4)18-16(17)20-15/h5-7,9-11H,8H2,1-4H3,(H2,17,18,20). The lowest BCUT2D eigenvalue weighted by Crippen LogP contribution is -2.07. The van der Waals surface area contributed by atoms with E-state index in [1.807, 2.05) is 13.0 Å². The summed E-state index contributed by atoms with van der Waals surface area (Å²) >= 11 is 0. The predicted molar refractivity (Wildman–Crippen MR) is 81.6 cm³/mol. The van der Waals surface area contributed by atoms with Crippen molar-refractivity contribution in [1.29, 1.82) is 0 Å². The first-order valence-corrected chi connectivity index (χ1v) is 7.02. The lowest BCUT2D eigenvalue weighted by Gasteiger charge is -2.13. The van der Waals surface area contributed by atoms with Gasteiger partial charge in [0.1, 0.15) is 0 Å². The number of pyridine rings is 1.